The highest BCUT2D eigenvalue weighted by Crippen LogP contribution is 2.43. The molecule has 0 bridgehead atoms. The Hall–Kier alpha value is -6.96. The standard InChI is InChI=1S/C46H26N4/c47-27-28-11-13-32(14-12-28)44-43-38-10-4-2-8-36(38)35-7-1-3-9-37(35)42(43)39-23-21-34(26-41(39)50-44)29-15-17-30(18-16-29)40-24-22-33-20-19-31-6-5-25-48-45(31)46(33)49-40/h1-26H. The Kier molecular flexibility index (Phi) is 6.21. The maximum absolute atomic E-state index is 9.50. The van der Waals surface area contributed by atoms with Crippen LogP contribution in [0.1, 0.15) is 5.56 Å². The van der Waals surface area contributed by atoms with Gasteiger partial charge in [0, 0.05) is 44.3 Å². The number of nitriles is 1. The molecule has 0 amide bonds. The smallest absolute Gasteiger partial charge is 0.0991 e. The lowest BCUT2D eigenvalue weighted by molar-refractivity contribution is 1.37. The van der Waals surface area contributed by atoms with Gasteiger partial charge in [-0.2, -0.15) is 5.26 Å². The molecule has 10 aromatic rings. The van der Waals surface area contributed by atoms with Crippen LogP contribution in [0, 0.1) is 11.3 Å². The van der Waals surface area contributed by atoms with Crippen molar-refractivity contribution < 1.29 is 0 Å². The first kappa shape index (κ1) is 28.1. The number of pyridine rings is 3. The van der Waals surface area contributed by atoms with Gasteiger partial charge in [-0.3, -0.25) is 4.98 Å². The van der Waals surface area contributed by atoms with E-state index in [-0.39, 0.29) is 0 Å². The van der Waals surface area contributed by atoms with Crippen molar-refractivity contribution in [3.63, 3.8) is 0 Å². The summed E-state index contributed by atoms with van der Waals surface area (Å²) in [7, 11) is 0. The molecule has 0 aliphatic rings. The van der Waals surface area contributed by atoms with E-state index in [9.17, 15) is 5.26 Å². The van der Waals surface area contributed by atoms with E-state index in [1.54, 1.807) is 0 Å². The van der Waals surface area contributed by atoms with E-state index < -0.39 is 0 Å². The lowest BCUT2D eigenvalue weighted by atomic mass is 9.89. The maximum Gasteiger partial charge on any atom is 0.0991 e. The van der Waals surface area contributed by atoms with Gasteiger partial charge in [0.25, 0.3) is 0 Å². The molecule has 7 aromatic carbocycles. The molecule has 50 heavy (non-hydrogen) atoms. The molecule has 0 unspecified atom stereocenters. The zero-order valence-corrected chi connectivity index (χ0v) is 26.8. The monoisotopic (exact) mass is 634 g/mol. The van der Waals surface area contributed by atoms with Crippen LogP contribution in [-0.4, -0.2) is 15.0 Å². The van der Waals surface area contributed by atoms with Gasteiger partial charge in [-0.15, -0.1) is 0 Å². The third-order valence-corrected chi connectivity index (χ3v) is 9.90. The lowest BCUT2D eigenvalue weighted by Crippen LogP contribution is -1.94. The zero-order chi connectivity index (χ0) is 33.2. The Morgan fingerprint density at radius 1 is 0.440 bits per heavy atom. The molecule has 0 atom stereocenters. The van der Waals surface area contributed by atoms with E-state index in [1.165, 1.54) is 26.9 Å². The second kappa shape index (κ2) is 11.1. The van der Waals surface area contributed by atoms with Gasteiger partial charge in [0.1, 0.15) is 0 Å². The first-order valence-electron chi connectivity index (χ1n) is 16.7. The first-order valence-corrected chi connectivity index (χ1v) is 16.7. The molecule has 3 heterocycles. The molecule has 10 rings (SSSR count). The fraction of sp³-hybridized carbons (Fsp3) is 0. The topological polar surface area (TPSA) is 62.5 Å². The first-order chi connectivity index (χ1) is 24.7. The number of rotatable bonds is 3. The van der Waals surface area contributed by atoms with E-state index in [0.717, 1.165) is 71.7 Å². The molecule has 0 fully saturated rings. The van der Waals surface area contributed by atoms with Gasteiger partial charge in [0.05, 0.1) is 39.6 Å². The summed E-state index contributed by atoms with van der Waals surface area (Å²) in [6.45, 7) is 0. The second-order valence-electron chi connectivity index (χ2n) is 12.7. The van der Waals surface area contributed by atoms with Crippen molar-refractivity contribution in [2.75, 3.05) is 0 Å². The maximum atomic E-state index is 9.50. The zero-order valence-electron chi connectivity index (χ0n) is 26.8. The number of nitrogens with zero attached hydrogens (tertiary/aromatic N) is 4. The quantitative estimate of drug-likeness (QED) is 0.181. The summed E-state index contributed by atoms with van der Waals surface area (Å²) in [6.07, 6.45) is 1.82. The molecular weight excluding hydrogens is 609 g/mol. The number of fused-ring (bicyclic) bond motifs is 11. The van der Waals surface area contributed by atoms with Gasteiger partial charge in [-0.05, 0) is 63.0 Å². The average molecular weight is 635 g/mol. The minimum atomic E-state index is 0.629. The molecule has 0 saturated heterocycles. The van der Waals surface area contributed by atoms with Crippen LogP contribution in [0.2, 0.25) is 0 Å². The Balaban J connectivity index is 1.15. The van der Waals surface area contributed by atoms with Crippen molar-refractivity contribution in [1.29, 1.82) is 5.26 Å². The fourth-order valence-electron chi connectivity index (χ4n) is 7.49. The van der Waals surface area contributed by atoms with Crippen molar-refractivity contribution in [3.8, 4) is 39.7 Å². The van der Waals surface area contributed by atoms with Crippen LogP contribution in [0.15, 0.2) is 158 Å². The largest absolute Gasteiger partial charge is 0.254 e. The summed E-state index contributed by atoms with van der Waals surface area (Å²) in [5.41, 5.74) is 9.44. The highest BCUT2D eigenvalue weighted by atomic mass is 14.8. The minimum Gasteiger partial charge on any atom is -0.254 e. The Bertz CT molecular complexity index is 3030. The molecule has 0 radical (unpaired) electrons. The van der Waals surface area contributed by atoms with Crippen molar-refractivity contribution in [3.05, 3.63) is 163 Å². The summed E-state index contributed by atoms with van der Waals surface area (Å²) in [4.78, 5) is 15.1. The summed E-state index contributed by atoms with van der Waals surface area (Å²) < 4.78 is 0. The molecular formula is C46H26N4. The van der Waals surface area contributed by atoms with Crippen molar-refractivity contribution in [2.45, 2.75) is 0 Å². The van der Waals surface area contributed by atoms with Crippen LogP contribution < -0.4 is 0 Å². The van der Waals surface area contributed by atoms with Crippen LogP contribution in [0.3, 0.4) is 0 Å². The number of benzene rings is 7. The SMILES string of the molecule is N#Cc1ccc(-c2nc3cc(-c4ccc(-c5ccc6ccc7cccnc7c6n5)cc4)ccc3c3c4ccccc4c4ccccc4c23)cc1. The fourth-order valence-corrected chi connectivity index (χ4v) is 7.49. The van der Waals surface area contributed by atoms with Crippen LogP contribution in [0.25, 0.3) is 98.7 Å². The average Bonchev–Trinajstić information content (AvgIpc) is 3.20. The Labute approximate surface area is 287 Å². The third-order valence-electron chi connectivity index (χ3n) is 9.90. The van der Waals surface area contributed by atoms with E-state index in [0.29, 0.717) is 5.56 Å². The van der Waals surface area contributed by atoms with E-state index >= 15 is 0 Å². The van der Waals surface area contributed by atoms with Gasteiger partial charge in [0.15, 0.2) is 0 Å². The molecule has 0 spiro atoms. The third kappa shape index (κ3) is 4.35. The normalized spacial score (nSPS) is 11.6. The molecule has 230 valence electrons. The number of hydrogen-bond acceptors (Lipinski definition) is 4. The summed E-state index contributed by atoms with van der Waals surface area (Å²) in [6, 6.07) is 54.9. The van der Waals surface area contributed by atoms with Crippen LogP contribution in [-0.2, 0) is 0 Å². The number of aromatic nitrogens is 3. The summed E-state index contributed by atoms with van der Waals surface area (Å²) in [5.74, 6) is 0. The van der Waals surface area contributed by atoms with Gasteiger partial charge in [-0.1, -0.05) is 121 Å². The van der Waals surface area contributed by atoms with Crippen molar-refractivity contribution in [1.82, 2.24) is 15.0 Å². The molecule has 0 aliphatic heterocycles. The molecule has 0 saturated carbocycles. The van der Waals surface area contributed by atoms with Gasteiger partial charge >= 0.3 is 0 Å². The highest BCUT2D eigenvalue weighted by molar-refractivity contribution is 6.33. The van der Waals surface area contributed by atoms with Crippen LogP contribution in [0.5, 0.6) is 0 Å². The predicted molar refractivity (Wildman–Crippen MR) is 206 cm³/mol. The predicted octanol–water partition coefficient (Wildman–Crippen LogP) is 11.7. The minimum absolute atomic E-state index is 0.629. The van der Waals surface area contributed by atoms with E-state index in [1.807, 2.05) is 36.5 Å². The van der Waals surface area contributed by atoms with Gasteiger partial charge in [-0.25, -0.2) is 9.97 Å². The highest BCUT2D eigenvalue weighted by Gasteiger charge is 2.18. The molecule has 4 nitrogen and oxygen atoms in total. The lowest BCUT2D eigenvalue weighted by Gasteiger charge is -2.17. The van der Waals surface area contributed by atoms with Gasteiger partial charge in [0.2, 0.25) is 0 Å². The Morgan fingerprint density at radius 3 is 1.80 bits per heavy atom. The second-order valence-corrected chi connectivity index (χ2v) is 12.7. The van der Waals surface area contributed by atoms with Crippen molar-refractivity contribution >= 4 is 65.0 Å². The Morgan fingerprint density at radius 2 is 1.06 bits per heavy atom. The summed E-state index contributed by atoms with van der Waals surface area (Å²) >= 11 is 0. The van der Waals surface area contributed by atoms with Crippen LogP contribution >= 0.6 is 0 Å². The summed E-state index contributed by atoms with van der Waals surface area (Å²) in [5, 5.41) is 19.9. The van der Waals surface area contributed by atoms with Crippen molar-refractivity contribution in [2.24, 2.45) is 0 Å². The molecule has 4 heteroatoms. The molecule has 0 N–H and O–H groups in total. The van der Waals surface area contributed by atoms with Gasteiger partial charge < -0.3 is 0 Å². The number of hydrogen-bond donors (Lipinski definition) is 0. The molecule has 3 aromatic heterocycles. The van der Waals surface area contributed by atoms with E-state index in [4.69, 9.17) is 9.97 Å². The van der Waals surface area contributed by atoms with E-state index in [2.05, 4.69) is 132 Å². The van der Waals surface area contributed by atoms with Crippen LogP contribution in [0.4, 0.5) is 0 Å². The molecule has 0 aliphatic carbocycles.